The van der Waals surface area contributed by atoms with E-state index in [-0.39, 0.29) is 0 Å². The number of hydrogen-bond donors (Lipinski definition) is 1. The fraction of sp³-hybridized carbons (Fsp3) is 0.455. The van der Waals surface area contributed by atoms with Crippen LogP contribution in [0.2, 0.25) is 0 Å². The zero-order chi connectivity index (χ0) is 13.5. The van der Waals surface area contributed by atoms with Gasteiger partial charge in [0, 0.05) is 5.56 Å². The predicted octanol–water partition coefficient (Wildman–Crippen LogP) is 4.19. The molecule has 0 amide bonds. The largest absolute Gasteiger partial charge is 0.396 e. The molecule has 16 heavy (non-hydrogen) atoms. The Morgan fingerprint density at radius 3 is 1.38 bits per heavy atom. The first-order valence-corrected chi connectivity index (χ1v) is 5.04. The lowest BCUT2D eigenvalue weighted by Gasteiger charge is -2.04. The van der Waals surface area contributed by atoms with Gasteiger partial charge in [-0.1, -0.05) is 27.7 Å². The lowest BCUT2D eigenvalue weighted by Crippen LogP contribution is -2.05. The van der Waals surface area contributed by atoms with Crippen molar-refractivity contribution in [2.75, 3.05) is 5.73 Å². The van der Waals surface area contributed by atoms with Crippen LogP contribution in [0.1, 0.15) is 33.3 Å². The average molecular weight is 239 g/mol. The Bertz CT molecular complexity index is 232. The molecule has 2 N–H and O–H groups in total. The second kappa shape index (κ2) is 7.96. The zero-order valence-electron chi connectivity index (χ0n) is 10.1. The van der Waals surface area contributed by atoms with Crippen LogP contribution >= 0.6 is 0 Å². The smallest absolute Gasteiger partial charge is 0.199 e. The molecule has 0 aliphatic carbocycles. The third-order valence-electron chi connectivity index (χ3n) is 1.55. The summed E-state index contributed by atoms with van der Waals surface area (Å²) >= 11 is 0. The number of anilines is 1. The summed E-state index contributed by atoms with van der Waals surface area (Å²) in [6.07, 6.45) is 0. The van der Waals surface area contributed by atoms with Gasteiger partial charge in [0.1, 0.15) is 0 Å². The van der Waals surface area contributed by atoms with Crippen molar-refractivity contribution in [1.29, 1.82) is 0 Å². The molecule has 0 bridgehead atoms. The highest BCUT2D eigenvalue weighted by atomic mass is 19.2. The van der Waals surface area contributed by atoms with Gasteiger partial charge in [0.2, 0.25) is 0 Å². The topological polar surface area (TPSA) is 26.0 Å². The van der Waals surface area contributed by atoms with Gasteiger partial charge in [0.25, 0.3) is 0 Å². The predicted molar refractivity (Wildman–Crippen MR) is 58.1 cm³/mol. The molecule has 0 fully saturated rings. The minimum Gasteiger partial charge on any atom is -0.396 e. The number of nitrogen functional groups attached to an aromatic ring is 1. The molecule has 1 rings (SSSR count). The van der Waals surface area contributed by atoms with Crippen molar-refractivity contribution in [3.63, 3.8) is 0 Å². The Kier molecular flexibility index (Phi) is 8.53. The van der Waals surface area contributed by atoms with E-state index in [1.807, 2.05) is 27.7 Å². The second-order valence-corrected chi connectivity index (χ2v) is 2.29. The van der Waals surface area contributed by atoms with Crippen molar-refractivity contribution in [2.45, 2.75) is 34.6 Å². The Morgan fingerprint density at radius 1 is 0.688 bits per heavy atom. The van der Waals surface area contributed by atoms with Crippen LogP contribution in [0.25, 0.3) is 0 Å². The van der Waals surface area contributed by atoms with E-state index in [9.17, 15) is 17.6 Å². The molecular formula is C11H17F4N. The average Bonchev–Trinajstić information content (AvgIpc) is 2.36. The lowest BCUT2D eigenvalue weighted by molar-refractivity contribution is 0.408. The molecule has 5 heteroatoms. The van der Waals surface area contributed by atoms with Crippen molar-refractivity contribution in [1.82, 2.24) is 0 Å². The van der Waals surface area contributed by atoms with Crippen LogP contribution in [0.3, 0.4) is 0 Å². The fourth-order valence-corrected chi connectivity index (χ4v) is 0.758. The first kappa shape index (κ1) is 17.1. The number of rotatable bonds is 0. The van der Waals surface area contributed by atoms with Gasteiger partial charge in [-0.25, -0.2) is 17.6 Å². The Labute approximate surface area is 93.3 Å². The molecular weight excluding hydrogens is 222 g/mol. The molecule has 0 saturated carbocycles. The summed E-state index contributed by atoms with van der Waals surface area (Å²) in [5, 5.41) is 0. The summed E-state index contributed by atoms with van der Waals surface area (Å²) < 4.78 is 49.8. The lowest BCUT2D eigenvalue weighted by atomic mass is 10.1. The highest BCUT2D eigenvalue weighted by Gasteiger charge is 2.20. The monoisotopic (exact) mass is 239 g/mol. The molecule has 94 valence electrons. The Hall–Kier alpha value is -1.26. The molecule has 1 nitrogen and oxygen atoms in total. The van der Waals surface area contributed by atoms with Crippen LogP contribution in [0.4, 0.5) is 23.2 Å². The standard InChI is InChI=1S/C7H5F4N.2C2H6/c1-2-3(8)4(9)5(10)6(11)7(2)12;2*1-2/h12H2,1H3;2*1-2H3. The molecule has 0 radical (unpaired) electrons. The van der Waals surface area contributed by atoms with Gasteiger partial charge in [0.15, 0.2) is 23.3 Å². The van der Waals surface area contributed by atoms with E-state index in [1.54, 1.807) is 0 Å². The van der Waals surface area contributed by atoms with Gasteiger partial charge < -0.3 is 5.73 Å². The summed E-state index contributed by atoms with van der Waals surface area (Å²) in [4.78, 5) is 0. The molecule has 0 aliphatic rings. The van der Waals surface area contributed by atoms with Crippen LogP contribution in [0, 0.1) is 30.2 Å². The van der Waals surface area contributed by atoms with Crippen molar-refractivity contribution in [3.8, 4) is 0 Å². The third-order valence-corrected chi connectivity index (χ3v) is 1.55. The van der Waals surface area contributed by atoms with Crippen molar-refractivity contribution >= 4 is 5.69 Å². The quantitative estimate of drug-likeness (QED) is 0.312. The fourth-order valence-electron chi connectivity index (χ4n) is 0.758. The van der Waals surface area contributed by atoms with Gasteiger partial charge in [-0.2, -0.15) is 0 Å². The highest BCUT2D eigenvalue weighted by Crippen LogP contribution is 2.24. The summed E-state index contributed by atoms with van der Waals surface area (Å²) in [5.41, 5.74) is 3.80. The van der Waals surface area contributed by atoms with E-state index in [2.05, 4.69) is 0 Å². The third kappa shape index (κ3) is 3.40. The Balaban J connectivity index is 0. The molecule has 0 aliphatic heterocycles. The first-order valence-electron chi connectivity index (χ1n) is 5.04. The maximum atomic E-state index is 12.6. The summed E-state index contributed by atoms with van der Waals surface area (Å²) in [5.74, 6) is -6.72. The van der Waals surface area contributed by atoms with Crippen LogP contribution in [-0.2, 0) is 0 Å². The van der Waals surface area contributed by atoms with E-state index < -0.39 is 34.5 Å². The highest BCUT2D eigenvalue weighted by molar-refractivity contribution is 5.48. The SMILES string of the molecule is CC.CC.Cc1c(N)c(F)c(F)c(F)c1F. The van der Waals surface area contributed by atoms with Crippen LogP contribution in [0.5, 0.6) is 0 Å². The van der Waals surface area contributed by atoms with Crippen LogP contribution in [0.15, 0.2) is 0 Å². The molecule has 0 atom stereocenters. The number of benzene rings is 1. The number of hydrogen-bond acceptors (Lipinski definition) is 1. The van der Waals surface area contributed by atoms with Gasteiger partial charge in [-0.3, -0.25) is 0 Å². The van der Waals surface area contributed by atoms with Crippen molar-refractivity contribution < 1.29 is 17.6 Å². The van der Waals surface area contributed by atoms with Crippen molar-refractivity contribution in [3.05, 3.63) is 28.8 Å². The van der Waals surface area contributed by atoms with E-state index in [4.69, 9.17) is 5.73 Å². The normalized spacial score (nSPS) is 8.56. The van der Waals surface area contributed by atoms with Crippen LogP contribution < -0.4 is 5.73 Å². The van der Waals surface area contributed by atoms with Gasteiger partial charge in [-0.15, -0.1) is 0 Å². The van der Waals surface area contributed by atoms with E-state index >= 15 is 0 Å². The summed E-state index contributed by atoms with van der Waals surface area (Å²) in [6, 6.07) is 0. The molecule has 0 spiro atoms. The van der Waals surface area contributed by atoms with Gasteiger partial charge in [-0.05, 0) is 6.92 Å². The van der Waals surface area contributed by atoms with Crippen molar-refractivity contribution in [2.24, 2.45) is 0 Å². The molecule has 1 aromatic carbocycles. The maximum absolute atomic E-state index is 12.6. The minimum atomic E-state index is -1.88. The van der Waals surface area contributed by atoms with Crippen LogP contribution in [-0.4, -0.2) is 0 Å². The van der Waals surface area contributed by atoms with E-state index in [0.717, 1.165) is 6.92 Å². The minimum absolute atomic E-state index is 0.425. The van der Waals surface area contributed by atoms with E-state index in [0.29, 0.717) is 0 Å². The molecule has 1 aromatic rings. The molecule has 0 unspecified atom stereocenters. The molecule has 0 heterocycles. The summed E-state index contributed by atoms with van der Waals surface area (Å²) in [7, 11) is 0. The number of halogens is 4. The number of nitrogens with two attached hydrogens (primary N) is 1. The molecule has 0 saturated heterocycles. The molecule has 0 aromatic heterocycles. The van der Waals surface area contributed by atoms with Gasteiger partial charge >= 0.3 is 0 Å². The first-order chi connectivity index (χ1) is 7.46. The maximum Gasteiger partial charge on any atom is 0.199 e. The zero-order valence-corrected chi connectivity index (χ0v) is 10.1. The van der Waals surface area contributed by atoms with E-state index in [1.165, 1.54) is 0 Å². The van der Waals surface area contributed by atoms with Gasteiger partial charge in [0.05, 0.1) is 5.69 Å². The second-order valence-electron chi connectivity index (χ2n) is 2.29. The summed E-state index contributed by atoms with van der Waals surface area (Å²) in [6.45, 7) is 9.07. The Morgan fingerprint density at radius 2 is 1.00 bits per heavy atom.